The molecule has 0 aliphatic carbocycles. The van der Waals surface area contributed by atoms with Gasteiger partial charge in [-0.2, -0.15) is 5.10 Å². The molecular weight excluding hydrogens is 466 g/mol. The molecule has 10 heteroatoms. The van der Waals surface area contributed by atoms with Crippen molar-refractivity contribution in [2.45, 2.75) is 18.6 Å². The average molecular weight is 479 g/mol. The first kappa shape index (κ1) is 18.9. The molecule has 7 nitrogen and oxygen atoms in total. The number of ether oxygens (including phenoxy) is 1. The van der Waals surface area contributed by atoms with Crippen molar-refractivity contribution in [3.8, 4) is 5.75 Å². The number of amidine groups is 1. The number of aliphatic carboxylic acids is 1. The van der Waals surface area contributed by atoms with Crippen molar-refractivity contribution in [1.82, 2.24) is 5.32 Å². The summed E-state index contributed by atoms with van der Waals surface area (Å²) in [6.45, 7) is 2.45. The smallest absolute Gasteiger partial charge is 0.305 e. The molecule has 1 amide bonds. The van der Waals surface area contributed by atoms with Gasteiger partial charge in [0.1, 0.15) is 11.0 Å². The number of benzene rings is 1. The summed E-state index contributed by atoms with van der Waals surface area (Å²) in [6, 6.07) is 3.65. The van der Waals surface area contributed by atoms with Gasteiger partial charge in [-0.1, -0.05) is 11.8 Å². The fourth-order valence-corrected chi connectivity index (χ4v) is 4.20. The molecule has 2 rings (SSSR count). The molecule has 1 aliphatic rings. The van der Waals surface area contributed by atoms with E-state index in [9.17, 15) is 9.59 Å². The SMILES string of the molecule is CCOc1c(Br)cc(C=N/N=C2\NC(=O)C(CC(=O)O)S2)cc1Br. The fraction of sp³-hybridized carbons (Fsp3) is 0.286. The Hall–Kier alpha value is -1.39. The van der Waals surface area contributed by atoms with Crippen LogP contribution in [-0.4, -0.2) is 40.2 Å². The van der Waals surface area contributed by atoms with Crippen LogP contribution in [0.3, 0.4) is 0 Å². The molecule has 128 valence electrons. The van der Waals surface area contributed by atoms with Crippen molar-refractivity contribution in [2.24, 2.45) is 10.2 Å². The van der Waals surface area contributed by atoms with Gasteiger partial charge in [-0.3, -0.25) is 9.59 Å². The van der Waals surface area contributed by atoms with Crippen LogP contribution in [-0.2, 0) is 9.59 Å². The molecule has 1 aromatic rings. The lowest BCUT2D eigenvalue weighted by Crippen LogP contribution is -2.26. The van der Waals surface area contributed by atoms with Gasteiger partial charge in [-0.05, 0) is 56.5 Å². The quantitative estimate of drug-likeness (QED) is 0.483. The van der Waals surface area contributed by atoms with Gasteiger partial charge in [-0.15, -0.1) is 5.10 Å². The van der Waals surface area contributed by atoms with Gasteiger partial charge < -0.3 is 15.2 Å². The van der Waals surface area contributed by atoms with Gasteiger partial charge in [0.2, 0.25) is 5.91 Å². The van der Waals surface area contributed by atoms with Gasteiger partial charge >= 0.3 is 5.97 Å². The number of nitrogens with one attached hydrogen (secondary N) is 1. The van der Waals surface area contributed by atoms with Gasteiger partial charge in [0, 0.05) is 0 Å². The minimum absolute atomic E-state index is 0.252. The highest BCUT2D eigenvalue weighted by atomic mass is 79.9. The Bertz CT molecular complexity index is 701. The number of amides is 1. The first-order valence-electron chi connectivity index (χ1n) is 6.83. The van der Waals surface area contributed by atoms with E-state index in [1.165, 1.54) is 6.21 Å². The lowest BCUT2D eigenvalue weighted by atomic mass is 10.2. The van der Waals surface area contributed by atoms with Crippen LogP contribution in [0.4, 0.5) is 0 Å². The molecule has 0 spiro atoms. The van der Waals surface area contributed by atoms with E-state index >= 15 is 0 Å². The van der Waals surface area contributed by atoms with E-state index < -0.39 is 11.2 Å². The zero-order valence-electron chi connectivity index (χ0n) is 12.5. The van der Waals surface area contributed by atoms with Crippen molar-refractivity contribution < 1.29 is 19.4 Å². The zero-order chi connectivity index (χ0) is 17.7. The van der Waals surface area contributed by atoms with Gasteiger partial charge in [0.15, 0.2) is 5.17 Å². The fourth-order valence-electron chi connectivity index (χ4n) is 1.83. The number of carbonyl (C=O) groups excluding carboxylic acids is 1. The Morgan fingerprint density at radius 2 is 2.12 bits per heavy atom. The number of halogens is 2. The first-order valence-corrected chi connectivity index (χ1v) is 9.29. The van der Waals surface area contributed by atoms with Crippen molar-refractivity contribution in [3.63, 3.8) is 0 Å². The Morgan fingerprint density at radius 3 is 2.71 bits per heavy atom. The van der Waals surface area contributed by atoms with E-state index in [1.807, 2.05) is 19.1 Å². The van der Waals surface area contributed by atoms with E-state index in [0.29, 0.717) is 12.4 Å². The second kappa shape index (κ2) is 8.63. The first-order chi connectivity index (χ1) is 11.4. The molecule has 0 bridgehead atoms. The molecule has 0 radical (unpaired) electrons. The second-order valence-electron chi connectivity index (χ2n) is 4.59. The number of hydrogen-bond acceptors (Lipinski definition) is 6. The molecule has 0 saturated carbocycles. The molecule has 0 aromatic heterocycles. The predicted molar refractivity (Wildman–Crippen MR) is 99.8 cm³/mol. The minimum atomic E-state index is -1.03. The average Bonchev–Trinajstić information content (AvgIpc) is 2.82. The molecule has 1 fully saturated rings. The summed E-state index contributed by atoms with van der Waals surface area (Å²) < 4.78 is 7.05. The monoisotopic (exact) mass is 477 g/mol. The molecule has 1 atom stereocenters. The topological polar surface area (TPSA) is 100 Å². The van der Waals surface area contributed by atoms with Crippen molar-refractivity contribution >= 4 is 66.9 Å². The highest BCUT2D eigenvalue weighted by Gasteiger charge is 2.32. The highest BCUT2D eigenvalue weighted by molar-refractivity contribution is 9.11. The maximum Gasteiger partial charge on any atom is 0.305 e. The van der Waals surface area contributed by atoms with Gasteiger partial charge in [0.25, 0.3) is 0 Å². The van der Waals surface area contributed by atoms with E-state index in [-0.39, 0.29) is 17.5 Å². The third kappa shape index (κ3) is 5.05. The zero-order valence-corrected chi connectivity index (χ0v) is 16.4. The maximum atomic E-state index is 11.6. The summed E-state index contributed by atoms with van der Waals surface area (Å²) in [5.74, 6) is -0.699. The summed E-state index contributed by atoms with van der Waals surface area (Å²) in [5, 5.41) is 18.7. The Labute approximate surface area is 159 Å². The van der Waals surface area contributed by atoms with E-state index in [1.54, 1.807) is 0 Å². The summed E-state index contributed by atoms with van der Waals surface area (Å²) >= 11 is 7.91. The van der Waals surface area contributed by atoms with Crippen LogP contribution in [0.1, 0.15) is 18.9 Å². The minimum Gasteiger partial charge on any atom is -0.492 e. The highest BCUT2D eigenvalue weighted by Crippen LogP contribution is 2.34. The third-order valence-corrected chi connectivity index (χ3v) is 5.05. The number of carboxylic acids is 1. The molecule has 24 heavy (non-hydrogen) atoms. The normalized spacial score (nSPS) is 19.0. The van der Waals surface area contributed by atoms with E-state index in [4.69, 9.17) is 9.84 Å². The number of hydrogen-bond donors (Lipinski definition) is 2. The van der Waals surface area contributed by atoms with Crippen molar-refractivity contribution in [3.05, 3.63) is 26.6 Å². The second-order valence-corrected chi connectivity index (χ2v) is 7.49. The van der Waals surface area contributed by atoms with Gasteiger partial charge in [0.05, 0.1) is 28.2 Å². The molecule has 1 heterocycles. The van der Waals surface area contributed by atoms with Crippen LogP contribution in [0, 0.1) is 0 Å². The predicted octanol–water partition coefficient (Wildman–Crippen LogP) is 3.01. The van der Waals surface area contributed by atoms with Crippen LogP contribution in [0.25, 0.3) is 0 Å². The number of carboxylic acid groups (broad SMARTS) is 1. The number of nitrogens with zero attached hydrogens (tertiary/aromatic N) is 2. The van der Waals surface area contributed by atoms with Crippen LogP contribution < -0.4 is 10.1 Å². The van der Waals surface area contributed by atoms with Gasteiger partial charge in [-0.25, -0.2) is 0 Å². The summed E-state index contributed by atoms with van der Waals surface area (Å²) in [7, 11) is 0. The van der Waals surface area contributed by atoms with Crippen molar-refractivity contribution in [2.75, 3.05) is 6.61 Å². The van der Waals surface area contributed by atoms with Crippen LogP contribution in [0.2, 0.25) is 0 Å². The molecular formula is C14H13Br2N3O4S. The number of rotatable bonds is 6. The lowest BCUT2D eigenvalue weighted by Gasteiger charge is -2.08. The largest absolute Gasteiger partial charge is 0.492 e. The van der Waals surface area contributed by atoms with Crippen molar-refractivity contribution in [1.29, 1.82) is 0 Å². The standard InChI is InChI=1S/C14H13Br2N3O4S/c1-2-23-12-8(15)3-7(4-9(12)16)6-17-19-14-18-13(22)10(24-14)5-11(20)21/h3-4,6,10H,2,5H2,1H3,(H,20,21)(H,18,19,22). The summed E-state index contributed by atoms with van der Waals surface area (Å²) in [4.78, 5) is 22.2. The van der Waals surface area contributed by atoms with Crippen LogP contribution >= 0.6 is 43.6 Å². The summed E-state index contributed by atoms with van der Waals surface area (Å²) in [6.07, 6.45) is 1.27. The Morgan fingerprint density at radius 1 is 1.46 bits per heavy atom. The molecule has 1 aromatic carbocycles. The third-order valence-electron chi connectivity index (χ3n) is 2.80. The molecule has 1 aliphatic heterocycles. The number of thioether (sulfide) groups is 1. The molecule has 1 saturated heterocycles. The van der Waals surface area contributed by atoms with E-state index in [0.717, 1.165) is 26.3 Å². The Kier molecular flexibility index (Phi) is 6.81. The molecule has 2 N–H and O–H groups in total. The van der Waals surface area contributed by atoms with E-state index in [2.05, 4.69) is 47.4 Å². The Balaban J connectivity index is 2.07. The van der Waals surface area contributed by atoms with Crippen LogP contribution in [0.5, 0.6) is 5.75 Å². The maximum absolute atomic E-state index is 11.6. The summed E-state index contributed by atoms with van der Waals surface area (Å²) in [5.41, 5.74) is 0.776. The van der Waals surface area contributed by atoms with Crippen LogP contribution in [0.15, 0.2) is 31.3 Å². The molecule has 1 unspecified atom stereocenters. The number of carbonyl (C=O) groups is 2. The lowest BCUT2D eigenvalue weighted by molar-refractivity contribution is -0.138.